The SMILES string of the molecule is C=CCCC(C)C[C@@H](C)[C@H](C)C(=O)N1C[C@H](O)C[C@H]1C(=O)OC. The molecule has 1 N–H and O–H groups in total. The maximum Gasteiger partial charge on any atom is 0.328 e. The van der Waals surface area contributed by atoms with Gasteiger partial charge in [-0.25, -0.2) is 4.79 Å². The van der Waals surface area contributed by atoms with E-state index < -0.39 is 18.1 Å². The van der Waals surface area contributed by atoms with Crippen molar-refractivity contribution in [2.45, 2.75) is 58.6 Å². The molecule has 0 radical (unpaired) electrons. The molecule has 5 heteroatoms. The number of carbonyl (C=O) groups is 2. The molecule has 0 aromatic heterocycles. The monoisotopic (exact) mass is 325 g/mol. The number of aliphatic hydroxyl groups is 1. The molecule has 23 heavy (non-hydrogen) atoms. The molecule has 1 aliphatic heterocycles. The van der Waals surface area contributed by atoms with Crippen LogP contribution in [0.4, 0.5) is 0 Å². The van der Waals surface area contributed by atoms with Gasteiger partial charge in [0.05, 0.1) is 13.2 Å². The lowest BCUT2D eigenvalue weighted by atomic mass is 9.85. The largest absolute Gasteiger partial charge is 0.467 e. The highest BCUT2D eigenvalue weighted by Crippen LogP contribution is 2.28. The topological polar surface area (TPSA) is 66.8 Å². The Morgan fingerprint density at radius 1 is 1.39 bits per heavy atom. The van der Waals surface area contributed by atoms with Crippen LogP contribution in [0.1, 0.15) is 46.5 Å². The summed E-state index contributed by atoms with van der Waals surface area (Å²) in [5, 5.41) is 9.82. The van der Waals surface area contributed by atoms with Crippen LogP contribution in [0, 0.1) is 17.8 Å². The number of nitrogens with zero attached hydrogens (tertiary/aromatic N) is 1. The summed E-state index contributed by atoms with van der Waals surface area (Å²) in [5.41, 5.74) is 0. The summed E-state index contributed by atoms with van der Waals surface area (Å²) >= 11 is 0. The summed E-state index contributed by atoms with van der Waals surface area (Å²) in [5.74, 6) is 0.0466. The number of methoxy groups -OCH3 is 1. The van der Waals surface area contributed by atoms with Crippen LogP contribution in [0.2, 0.25) is 0 Å². The Bertz CT molecular complexity index is 423. The zero-order valence-electron chi connectivity index (χ0n) is 14.8. The number of carbonyl (C=O) groups excluding carboxylic acids is 2. The van der Waals surface area contributed by atoms with E-state index >= 15 is 0 Å². The lowest BCUT2D eigenvalue weighted by Gasteiger charge is -2.29. The molecule has 0 aromatic rings. The fourth-order valence-electron chi connectivity index (χ4n) is 3.28. The van der Waals surface area contributed by atoms with Gasteiger partial charge in [-0.1, -0.05) is 26.8 Å². The van der Waals surface area contributed by atoms with Gasteiger partial charge in [-0.05, 0) is 31.1 Å². The first kappa shape index (κ1) is 19.7. The van der Waals surface area contributed by atoms with Crippen LogP contribution < -0.4 is 0 Å². The standard InChI is InChI=1S/C18H31NO4/c1-6-7-8-12(2)9-13(3)14(4)17(21)19-11-15(20)10-16(19)18(22)23-5/h6,12-16,20H,1,7-11H2,2-5H3/t12?,13-,14+,15-,16+/m1/s1. The predicted octanol–water partition coefficient (Wildman–Crippen LogP) is 2.39. The molecule has 0 aromatic carbocycles. The minimum Gasteiger partial charge on any atom is -0.467 e. The van der Waals surface area contributed by atoms with Crippen molar-refractivity contribution in [1.82, 2.24) is 4.90 Å². The number of hydrogen-bond donors (Lipinski definition) is 1. The minimum atomic E-state index is -0.657. The van der Waals surface area contributed by atoms with Crippen molar-refractivity contribution in [3.63, 3.8) is 0 Å². The lowest BCUT2D eigenvalue weighted by Crippen LogP contribution is -2.45. The van der Waals surface area contributed by atoms with Gasteiger partial charge in [-0.15, -0.1) is 6.58 Å². The fourth-order valence-corrected chi connectivity index (χ4v) is 3.28. The molecule has 0 aliphatic carbocycles. The number of hydrogen-bond acceptors (Lipinski definition) is 4. The maximum absolute atomic E-state index is 12.7. The van der Waals surface area contributed by atoms with Crippen LogP contribution in [-0.4, -0.2) is 47.7 Å². The Balaban J connectivity index is 2.66. The van der Waals surface area contributed by atoms with E-state index in [1.54, 1.807) is 0 Å². The van der Waals surface area contributed by atoms with Gasteiger partial charge in [0.25, 0.3) is 0 Å². The average Bonchev–Trinajstić information content (AvgIpc) is 2.92. The van der Waals surface area contributed by atoms with Crippen LogP contribution in [0.3, 0.4) is 0 Å². The number of aliphatic hydroxyl groups excluding tert-OH is 1. The van der Waals surface area contributed by atoms with E-state index in [0.717, 1.165) is 19.3 Å². The van der Waals surface area contributed by atoms with Crippen LogP contribution >= 0.6 is 0 Å². The number of allylic oxidation sites excluding steroid dienone is 1. The van der Waals surface area contributed by atoms with Crippen LogP contribution in [0.15, 0.2) is 12.7 Å². The third kappa shape index (κ3) is 5.34. The highest BCUT2D eigenvalue weighted by molar-refractivity contribution is 5.86. The van der Waals surface area contributed by atoms with Crippen molar-refractivity contribution < 1.29 is 19.4 Å². The molecule has 0 saturated carbocycles. The average molecular weight is 325 g/mol. The first-order valence-corrected chi connectivity index (χ1v) is 8.49. The van der Waals surface area contributed by atoms with Gasteiger partial charge in [0.2, 0.25) is 5.91 Å². The zero-order valence-corrected chi connectivity index (χ0v) is 14.8. The van der Waals surface area contributed by atoms with E-state index in [-0.39, 0.29) is 30.7 Å². The van der Waals surface area contributed by atoms with E-state index in [1.165, 1.54) is 12.0 Å². The highest BCUT2D eigenvalue weighted by Gasteiger charge is 2.41. The summed E-state index contributed by atoms with van der Waals surface area (Å²) in [6.45, 7) is 10.1. The molecule has 1 unspecified atom stereocenters. The van der Waals surface area contributed by atoms with Gasteiger partial charge in [-0.3, -0.25) is 4.79 Å². The van der Waals surface area contributed by atoms with E-state index in [0.29, 0.717) is 5.92 Å². The summed E-state index contributed by atoms with van der Waals surface area (Å²) in [6, 6.07) is -0.657. The predicted molar refractivity (Wildman–Crippen MR) is 89.7 cm³/mol. The lowest BCUT2D eigenvalue weighted by molar-refractivity contribution is -0.152. The van der Waals surface area contributed by atoms with Gasteiger partial charge < -0.3 is 14.7 Å². The number of rotatable bonds is 8. The van der Waals surface area contributed by atoms with Gasteiger partial charge >= 0.3 is 5.97 Å². The second-order valence-electron chi connectivity index (χ2n) is 6.89. The molecule has 0 spiro atoms. The van der Waals surface area contributed by atoms with Crippen LogP contribution in [0.25, 0.3) is 0 Å². The Morgan fingerprint density at radius 2 is 2.04 bits per heavy atom. The molecular weight excluding hydrogens is 294 g/mol. The van der Waals surface area contributed by atoms with E-state index in [1.807, 2.05) is 13.0 Å². The van der Waals surface area contributed by atoms with Gasteiger partial charge in [-0.2, -0.15) is 0 Å². The van der Waals surface area contributed by atoms with Crippen LogP contribution in [0.5, 0.6) is 0 Å². The van der Waals surface area contributed by atoms with Crippen molar-refractivity contribution in [3.05, 3.63) is 12.7 Å². The van der Waals surface area contributed by atoms with E-state index in [9.17, 15) is 14.7 Å². The smallest absolute Gasteiger partial charge is 0.328 e. The Hall–Kier alpha value is -1.36. The Labute approximate surface area is 139 Å². The van der Waals surface area contributed by atoms with E-state index in [4.69, 9.17) is 4.74 Å². The number of likely N-dealkylation sites (tertiary alicyclic amines) is 1. The first-order chi connectivity index (χ1) is 10.8. The normalized spacial score (nSPS) is 24.8. The molecule has 1 amide bonds. The highest BCUT2D eigenvalue weighted by atomic mass is 16.5. The number of amides is 1. The Morgan fingerprint density at radius 3 is 2.61 bits per heavy atom. The molecule has 0 bridgehead atoms. The third-order valence-electron chi connectivity index (χ3n) is 4.92. The summed E-state index contributed by atoms with van der Waals surface area (Å²) < 4.78 is 4.76. The van der Waals surface area contributed by atoms with Crippen molar-refractivity contribution in [2.75, 3.05) is 13.7 Å². The van der Waals surface area contributed by atoms with Crippen molar-refractivity contribution in [3.8, 4) is 0 Å². The molecule has 1 aliphatic rings. The minimum absolute atomic E-state index is 0.0691. The molecule has 1 rings (SSSR count). The molecule has 1 saturated heterocycles. The van der Waals surface area contributed by atoms with Crippen molar-refractivity contribution in [2.24, 2.45) is 17.8 Å². The van der Waals surface area contributed by atoms with Gasteiger partial charge in [0.1, 0.15) is 6.04 Å². The summed E-state index contributed by atoms with van der Waals surface area (Å²) in [6.07, 6.45) is 4.54. The molecule has 1 fully saturated rings. The molecule has 132 valence electrons. The number of ether oxygens (including phenoxy) is 1. The van der Waals surface area contributed by atoms with Crippen LogP contribution in [-0.2, 0) is 14.3 Å². The number of esters is 1. The maximum atomic E-state index is 12.7. The summed E-state index contributed by atoms with van der Waals surface area (Å²) in [7, 11) is 1.31. The van der Waals surface area contributed by atoms with E-state index in [2.05, 4.69) is 20.4 Å². The molecule has 5 atom stereocenters. The zero-order chi connectivity index (χ0) is 17.6. The Kier molecular flexibility index (Phi) is 7.76. The van der Waals surface area contributed by atoms with Crippen molar-refractivity contribution >= 4 is 11.9 Å². The quantitative estimate of drug-likeness (QED) is 0.550. The third-order valence-corrected chi connectivity index (χ3v) is 4.92. The van der Waals surface area contributed by atoms with Gasteiger partial charge in [0.15, 0.2) is 0 Å². The second kappa shape index (κ2) is 9.06. The summed E-state index contributed by atoms with van der Waals surface area (Å²) in [4.78, 5) is 26.1. The van der Waals surface area contributed by atoms with Gasteiger partial charge in [0, 0.05) is 18.9 Å². The molecule has 1 heterocycles. The molecule has 5 nitrogen and oxygen atoms in total. The van der Waals surface area contributed by atoms with Crippen molar-refractivity contribution in [1.29, 1.82) is 0 Å². The number of β-amino-alcohol motifs (C(OH)–C–C–N with tert-alkyl or cyclic N) is 1. The fraction of sp³-hybridized carbons (Fsp3) is 0.778. The second-order valence-corrected chi connectivity index (χ2v) is 6.89. The molecular formula is C18H31NO4. The first-order valence-electron chi connectivity index (χ1n) is 8.49.